The smallest absolute Gasteiger partial charge is 0.255 e. The van der Waals surface area contributed by atoms with Gasteiger partial charge in [0.15, 0.2) is 11.5 Å². The average molecular weight is 490 g/mol. The topological polar surface area (TPSA) is 89.1 Å². The van der Waals surface area contributed by atoms with Crippen LogP contribution in [0, 0.1) is 11.8 Å². The van der Waals surface area contributed by atoms with Crippen LogP contribution in [-0.2, 0) is 4.79 Å². The van der Waals surface area contributed by atoms with Crippen LogP contribution in [0.25, 0.3) is 0 Å². The van der Waals surface area contributed by atoms with Crippen molar-refractivity contribution in [1.82, 2.24) is 15.5 Å². The third-order valence-corrected chi connectivity index (χ3v) is 7.58. The van der Waals surface area contributed by atoms with E-state index >= 15 is 0 Å². The lowest BCUT2D eigenvalue weighted by Gasteiger charge is -2.33. The molecule has 35 heavy (non-hydrogen) atoms. The van der Waals surface area contributed by atoms with Gasteiger partial charge in [-0.15, -0.1) is 0 Å². The molecule has 2 N–H and O–H groups in total. The third kappa shape index (κ3) is 7.50. The molecule has 0 aromatic heterocycles. The van der Waals surface area contributed by atoms with Crippen molar-refractivity contribution in [3.05, 3.63) is 17.7 Å². The zero-order chi connectivity index (χ0) is 25.2. The summed E-state index contributed by atoms with van der Waals surface area (Å²) in [7, 11) is 4.61. The van der Waals surface area contributed by atoms with Crippen LogP contribution in [-0.4, -0.2) is 70.3 Å². The number of rotatable bonds is 11. The van der Waals surface area contributed by atoms with Crippen LogP contribution in [0.4, 0.5) is 0 Å². The number of nitrogens with one attached hydrogen (secondary N) is 2. The maximum absolute atomic E-state index is 12.8. The van der Waals surface area contributed by atoms with Crippen LogP contribution >= 0.6 is 0 Å². The number of likely N-dealkylation sites (tertiary alicyclic amines) is 1. The van der Waals surface area contributed by atoms with Gasteiger partial charge in [-0.3, -0.25) is 9.59 Å². The molecular formula is C27H43N3O5. The van der Waals surface area contributed by atoms with E-state index in [4.69, 9.17) is 14.2 Å². The maximum atomic E-state index is 12.8. The number of hydrogen-bond acceptors (Lipinski definition) is 6. The molecule has 3 rings (SSSR count). The number of hydrogen-bond donors (Lipinski definition) is 2. The highest BCUT2D eigenvalue weighted by Gasteiger charge is 2.27. The summed E-state index contributed by atoms with van der Waals surface area (Å²) in [5.41, 5.74) is 0.414. The summed E-state index contributed by atoms with van der Waals surface area (Å²) in [4.78, 5) is 28.0. The Morgan fingerprint density at radius 1 is 0.914 bits per heavy atom. The number of carbonyl (C=O) groups is 2. The summed E-state index contributed by atoms with van der Waals surface area (Å²) in [6.07, 6.45) is 8.55. The van der Waals surface area contributed by atoms with Crippen LogP contribution in [0.5, 0.6) is 17.2 Å². The molecule has 0 bridgehead atoms. The fourth-order valence-electron chi connectivity index (χ4n) is 5.30. The highest BCUT2D eigenvalue weighted by atomic mass is 16.5. The number of ether oxygens (including phenoxy) is 3. The third-order valence-electron chi connectivity index (χ3n) is 7.58. The minimum Gasteiger partial charge on any atom is -0.496 e. The molecule has 2 fully saturated rings. The molecule has 2 aliphatic rings. The molecule has 8 heteroatoms. The summed E-state index contributed by atoms with van der Waals surface area (Å²) >= 11 is 0. The van der Waals surface area contributed by atoms with Crippen LogP contribution in [0.1, 0.15) is 68.6 Å². The van der Waals surface area contributed by atoms with Gasteiger partial charge < -0.3 is 29.7 Å². The SMILES string of the molecule is COc1cc(OC)c(C(=O)NCC2CCC(C(=O)NCCCN3CCCCC3C)CC2)cc1OC. The van der Waals surface area contributed by atoms with Crippen molar-refractivity contribution >= 4 is 11.8 Å². The molecule has 1 aliphatic carbocycles. The van der Waals surface area contributed by atoms with Gasteiger partial charge in [0.25, 0.3) is 5.91 Å². The lowest BCUT2D eigenvalue weighted by Crippen LogP contribution is -2.40. The minimum atomic E-state index is -0.203. The standard InChI is InChI=1S/C27H43N3O5/c1-19-8-5-6-14-30(19)15-7-13-28-26(31)21-11-9-20(10-12-21)18-29-27(32)22-16-24(34-3)25(35-4)17-23(22)33-2/h16-17,19-21H,5-15,18H2,1-4H3,(H,28,31)(H,29,32). The van der Waals surface area contributed by atoms with Gasteiger partial charge >= 0.3 is 0 Å². The predicted octanol–water partition coefficient (Wildman–Crippen LogP) is 3.63. The maximum Gasteiger partial charge on any atom is 0.255 e. The van der Waals surface area contributed by atoms with Gasteiger partial charge in [-0.05, 0) is 64.3 Å². The van der Waals surface area contributed by atoms with Crippen molar-refractivity contribution < 1.29 is 23.8 Å². The Morgan fingerprint density at radius 2 is 1.60 bits per heavy atom. The fraction of sp³-hybridized carbons (Fsp3) is 0.704. The van der Waals surface area contributed by atoms with E-state index in [-0.39, 0.29) is 17.7 Å². The first-order valence-corrected chi connectivity index (χ1v) is 13.1. The van der Waals surface area contributed by atoms with Gasteiger partial charge in [0.1, 0.15) is 5.75 Å². The summed E-state index contributed by atoms with van der Waals surface area (Å²) in [6, 6.07) is 3.97. The van der Waals surface area contributed by atoms with Crippen molar-refractivity contribution in [3.63, 3.8) is 0 Å². The van der Waals surface area contributed by atoms with E-state index in [0.717, 1.165) is 45.2 Å². The molecule has 1 atom stereocenters. The molecule has 2 amide bonds. The van der Waals surface area contributed by atoms with Crippen LogP contribution < -0.4 is 24.8 Å². The largest absolute Gasteiger partial charge is 0.496 e. The van der Waals surface area contributed by atoms with Crippen molar-refractivity contribution in [2.24, 2.45) is 11.8 Å². The highest BCUT2D eigenvalue weighted by molar-refractivity contribution is 5.97. The van der Waals surface area contributed by atoms with E-state index in [0.29, 0.717) is 41.3 Å². The van der Waals surface area contributed by atoms with Gasteiger partial charge in [0.2, 0.25) is 5.91 Å². The Labute approximate surface area is 210 Å². The van der Waals surface area contributed by atoms with Gasteiger partial charge in [0, 0.05) is 43.7 Å². The molecule has 1 unspecified atom stereocenters. The van der Waals surface area contributed by atoms with E-state index < -0.39 is 0 Å². The summed E-state index contributed by atoms with van der Waals surface area (Å²) < 4.78 is 16.0. The molecule has 1 saturated carbocycles. The number of amides is 2. The van der Waals surface area contributed by atoms with E-state index in [1.54, 1.807) is 19.2 Å². The summed E-state index contributed by atoms with van der Waals surface area (Å²) in [6.45, 7) is 5.90. The Balaban J connectivity index is 1.38. The van der Waals surface area contributed by atoms with Crippen molar-refractivity contribution in [3.8, 4) is 17.2 Å². The van der Waals surface area contributed by atoms with E-state index in [1.807, 2.05) is 0 Å². The quantitative estimate of drug-likeness (QED) is 0.462. The molecule has 196 valence electrons. The zero-order valence-corrected chi connectivity index (χ0v) is 21.9. The first-order chi connectivity index (χ1) is 17.0. The van der Waals surface area contributed by atoms with Crippen molar-refractivity contribution in [2.45, 2.75) is 64.3 Å². The molecular weight excluding hydrogens is 446 g/mol. The average Bonchev–Trinajstić information content (AvgIpc) is 2.89. The van der Waals surface area contributed by atoms with E-state index in [1.165, 1.54) is 40.0 Å². The second-order valence-electron chi connectivity index (χ2n) is 9.86. The number of benzene rings is 1. The number of carbonyl (C=O) groups excluding carboxylic acids is 2. The Kier molecular flexibility index (Phi) is 10.5. The van der Waals surface area contributed by atoms with Gasteiger partial charge in [-0.25, -0.2) is 0 Å². The van der Waals surface area contributed by atoms with E-state index in [9.17, 15) is 9.59 Å². The van der Waals surface area contributed by atoms with Gasteiger partial charge in [-0.1, -0.05) is 6.42 Å². The monoisotopic (exact) mass is 489 g/mol. The molecule has 0 radical (unpaired) electrons. The second-order valence-corrected chi connectivity index (χ2v) is 9.86. The number of piperidine rings is 1. The lowest BCUT2D eigenvalue weighted by atomic mass is 9.81. The molecule has 1 saturated heterocycles. The molecule has 8 nitrogen and oxygen atoms in total. The molecule has 1 heterocycles. The van der Waals surface area contributed by atoms with Crippen LogP contribution in [0.15, 0.2) is 12.1 Å². The second kappa shape index (κ2) is 13.6. The minimum absolute atomic E-state index is 0.0850. The molecule has 0 spiro atoms. The first-order valence-electron chi connectivity index (χ1n) is 13.1. The number of nitrogens with zero attached hydrogens (tertiary/aromatic N) is 1. The first kappa shape index (κ1) is 27.1. The zero-order valence-electron chi connectivity index (χ0n) is 21.9. The summed E-state index contributed by atoms with van der Waals surface area (Å²) in [5, 5.41) is 6.19. The summed E-state index contributed by atoms with van der Waals surface area (Å²) in [5.74, 6) is 1.88. The molecule has 1 aromatic carbocycles. The van der Waals surface area contributed by atoms with Crippen molar-refractivity contribution in [1.29, 1.82) is 0 Å². The van der Waals surface area contributed by atoms with E-state index in [2.05, 4.69) is 22.5 Å². The van der Waals surface area contributed by atoms with Crippen LogP contribution in [0.2, 0.25) is 0 Å². The van der Waals surface area contributed by atoms with Crippen LogP contribution in [0.3, 0.4) is 0 Å². The highest BCUT2D eigenvalue weighted by Crippen LogP contribution is 2.35. The Hall–Kier alpha value is -2.48. The Morgan fingerprint density at radius 3 is 2.26 bits per heavy atom. The fourth-order valence-corrected chi connectivity index (χ4v) is 5.30. The molecule has 1 aromatic rings. The molecule has 1 aliphatic heterocycles. The van der Waals surface area contributed by atoms with Gasteiger partial charge in [-0.2, -0.15) is 0 Å². The lowest BCUT2D eigenvalue weighted by molar-refractivity contribution is -0.126. The Bertz CT molecular complexity index is 838. The number of methoxy groups -OCH3 is 3. The van der Waals surface area contributed by atoms with Gasteiger partial charge in [0.05, 0.1) is 26.9 Å². The normalized spacial score (nSPS) is 22.8. The van der Waals surface area contributed by atoms with Crippen molar-refractivity contribution in [2.75, 3.05) is 47.5 Å². The predicted molar refractivity (Wildman–Crippen MR) is 136 cm³/mol.